The Kier molecular flexibility index (Phi) is 42.1. The van der Waals surface area contributed by atoms with E-state index in [1.165, 1.54) is 44.9 Å². The number of allylic oxidation sites excluding steroid dienone is 14. The van der Waals surface area contributed by atoms with Crippen molar-refractivity contribution in [2.75, 3.05) is 26.4 Å². The molecule has 0 saturated carbocycles. The molecular formula is C65H111NO18. The Morgan fingerprint density at radius 2 is 0.821 bits per heavy atom. The van der Waals surface area contributed by atoms with Crippen LogP contribution >= 0.6 is 0 Å². The fourth-order valence-electron chi connectivity index (χ4n) is 10.3. The molecule has 3 saturated heterocycles. The van der Waals surface area contributed by atoms with Gasteiger partial charge in [0.1, 0.15) is 73.2 Å². The van der Waals surface area contributed by atoms with Crippen molar-refractivity contribution in [1.82, 2.24) is 5.32 Å². The Morgan fingerprint density at radius 1 is 0.440 bits per heavy atom. The number of ether oxygens (including phenoxy) is 6. The van der Waals surface area contributed by atoms with Gasteiger partial charge in [0.25, 0.3) is 0 Å². The monoisotopic (exact) mass is 1190 g/mol. The molecule has 0 radical (unpaired) electrons. The topological polar surface area (TPSA) is 307 Å². The van der Waals surface area contributed by atoms with Gasteiger partial charge in [-0.3, -0.25) is 4.79 Å². The fourth-order valence-corrected chi connectivity index (χ4v) is 10.3. The summed E-state index contributed by atoms with van der Waals surface area (Å²) in [6, 6.07) is -0.893. The normalized spacial score (nSPS) is 29.8. The number of hydrogen-bond donors (Lipinski definition) is 12. The number of nitrogens with one attached hydrogen (secondary N) is 1. The van der Waals surface area contributed by atoms with Crippen LogP contribution in [0.1, 0.15) is 187 Å². The average molecular weight is 1190 g/mol. The van der Waals surface area contributed by atoms with E-state index in [0.29, 0.717) is 12.8 Å². The molecule has 1 amide bonds. The fraction of sp³-hybridized carbons (Fsp3) is 0.769. The summed E-state index contributed by atoms with van der Waals surface area (Å²) in [5.74, 6) is -0.257. The van der Waals surface area contributed by atoms with E-state index in [-0.39, 0.29) is 18.9 Å². The molecule has 0 bridgehead atoms. The smallest absolute Gasteiger partial charge is 0.220 e. The van der Waals surface area contributed by atoms with Crippen LogP contribution in [0.25, 0.3) is 0 Å². The minimum absolute atomic E-state index is 0.253. The van der Waals surface area contributed by atoms with E-state index in [1.807, 2.05) is 0 Å². The highest BCUT2D eigenvalue weighted by Gasteiger charge is 2.53. The molecule has 19 heteroatoms. The third kappa shape index (κ3) is 29.8. The van der Waals surface area contributed by atoms with E-state index in [9.17, 15) is 61.0 Å². The van der Waals surface area contributed by atoms with Gasteiger partial charge in [-0.05, 0) is 70.6 Å². The van der Waals surface area contributed by atoms with Gasteiger partial charge in [0, 0.05) is 6.42 Å². The van der Waals surface area contributed by atoms with Crippen LogP contribution in [0.15, 0.2) is 85.1 Å². The maximum absolute atomic E-state index is 13.3. The minimum Gasteiger partial charge on any atom is -0.394 e. The SMILES string of the molecule is CC/C=C\C/C=C\C/C=C\C/C=C\C/C=C\C/C=C\C/C=C\CCCCCCCCCCCC(=O)NC(COC1OC(CO)C(OC2OC(CO)C(OC3OC(CO)C(O)C(O)C3O)C(O)C2O)C(O)C1O)C(O)CCCCCCCCCC. The molecule has 84 heavy (non-hydrogen) atoms. The highest BCUT2D eigenvalue weighted by molar-refractivity contribution is 5.76. The third-order valence-electron chi connectivity index (χ3n) is 15.5. The van der Waals surface area contributed by atoms with Crippen LogP contribution in [-0.2, 0) is 33.2 Å². The van der Waals surface area contributed by atoms with Crippen LogP contribution < -0.4 is 5.32 Å². The molecule has 3 aliphatic rings. The van der Waals surface area contributed by atoms with Crippen molar-refractivity contribution in [3.8, 4) is 0 Å². The summed E-state index contributed by atoms with van der Waals surface area (Å²) in [5, 5.41) is 120. The summed E-state index contributed by atoms with van der Waals surface area (Å²) in [6.45, 7) is 1.60. The second-order valence-electron chi connectivity index (χ2n) is 22.5. The van der Waals surface area contributed by atoms with E-state index in [2.05, 4.69) is 104 Å². The van der Waals surface area contributed by atoms with Crippen LogP contribution in [0.3, 0.4) is 0 Å². The minimum atomic E-state index is -1.97. The predicted molar refractivity (Wildman–Crippen MR) is 323 cm³/mol. The Hall–Kier alpha value is -3.03. The number of hydrogen-bond acceptors (Lipinski definition) is 18. The van der Waals surface area contributed by atoms with Crippen LogP contribution in [0.5, 0.6) is 0 Å². The maximum atomic E-state index is 13.3. The second kappa shape index (κ2) is 47.0. The highest BCUT2D eigenvalue weighted by atomic mass is 16.8. The molecule has 0 aliphatic carbocycles. The van der Waals surface area contributed by atoms with Gasteiger partial charge in [-0.1, -0.05) is 195 Å². The number of rotatable bonds is 46. The van der Waals surface area contributed by atoms with Gasteiger partial charge < -0.3 is 89.9 Å². The molecule has 3 rings (SSSR count). The molecule has 484 valence electrons. The zero-order valence-corrected chi connectivity index (χ0v) is 50.6. The number of aliphatic hydroxyl groups excluding tert-OH is 11. The van der Waals surface area contributed by atoms with E-state index in [1.54, 1.807) is 0 Å². The van der Waals surface area contributed by atoms with Gasteiger partial charge in [0.2, 0.25) is 5.91 Å². The lowest BCUT2D eigenvalue weighted by molar-refractivity contribution is -0.379. The van der Waals surface area contributed by atoms with Gasteiger partial charge in [0.15, 0.2) is 18.9 Å². The van der Waals surface area contributed by atoms with Crippen molar-refractivity contribution in [1.29, 1.82) is 0 Å². The maximum Gasteiger partial charge on any atom is 0.220 e. The number of unbranched alkanes of at least 4 members (excludes halogenated alkanes) is 16. The van der Waals surface area contributed by atoms with Crippen molar-refractivity contribution in [2.24, 2.45) is 0 Å². The highest BCUT2D eigenvalue weighted by Crippen LogP contribution is 2.33. The van der Waals surface area contributed by atoms with E-state index < -0.39 is 124 Å². The summed E-state index contributed by atoms with van der Waals surface area (Å²) in [7, 11) is 0. The summed E-state index contributed by atoms with van der Waals surface area (Å²) in [6.07, 6.45) is 31.3. The van der Waals surface area contributed by atoms with Crippen LogP contribution in [0, 0.1) is 0 Å². The molecule has 17 atom stereocenters. The third-order valence-corrected chi connectivity index (χ3v) is 15.5. The van der Waals surface area contributed by atoms with E-state index >= 15 is 0 Å². The Balaban J connectivity index is 1.36. The first-order chi connectivity index (χ1) is 40.8. The summed E-state index contributed by atoms with van der Waals surface area (Å²) in [5.41, 5.74) is 0. The van der Waals surface area contributed by atoms with Crippen molar-refractivity contribution in [3.05, 3.63) is 85.1 Å². The van der Waals surface area contributed by atoms with E-state index in [0.717, 1.165) is 109 Å². The quantitative estimate of drug-likeness (QED) is 0.0221. The van der Waals surface area contributed by atoms with Gasteiger partial charge in [-0.2, -0.15) is 0 Å². The van der Waals surface area contributed by atoms with Crippen LogP contribution in [0.4, 0.5) is 0 Å². The molecule has 19 nitrogen and oxygen atoms in total. The molecule has 17 unspecified atom stereocenters. The molecule has 3 fully saturated rings. The molecular weight excluding hydrogens is 1080 g/mol. The summed E-state index contributed by atoms with van der Waals surface area (Å²) in [4.78, 5) is 13.3. The predicted octanol–water partition coefficient (Wildman–Crippen LogP) is 6.76. The van der Waals surface area contributed by atoms with Crippen molar-refractivity contribution in [2.45, 2.75) is 291 Å². The molecule has 3 heterocycles. The molecule has 0 aromatic heterocycles. The van der Waals surface area contributed by atoms with Gasteiger partial charge >= 0.3 is 0 Å². The molecule has 0 spiro atoms. The first kappa shape index (κ1) is 75.2. The van der Waals surface area contributed by atoms with Gasteiger partial charge in [-0.15, -0.1) is 0 Å². The van der Waals surface area contributed by atoms with Crippen molar-refractivity contribution >= 4 is 5.91 Å². The lowest BCUT2D eigenvalue weighted by Crippen LogP contribution is -2.66. The molecule has 3 aliphatic heterocycles. The zero-order chi connectivity index (χ0) is 61.2. The lowest BCUT2D eigenvalue weighted by Gasteiger charge is -2.48. The summed E-state index contributed by atoms with van der Waals surface area (Å²) < 4.78 is 34.2. The van der Waals surface area contributed by atoms with Gasteiger partial charge in [-0.25, -0.2) is 0 Å². The first-order valence-electron chi connectivity index (χ1n) is 31.8. The van der Waals surface area contributed by atoms with Crippen LogP contribution in [-0.4, -0.2) is 193 Å². The first-order valence-corrected chi connectivity index (χ1v) is 31.8. The summed E-state index contributed by atoms with van der Waals surface area (Å²) >= 11 is 0. The van der Waals surface area contributed by atoms with E-state index in [4.69, 9.17) is 28.4 Å². The second-order valence-corrected chi connectivity index (χ2v) is 22.5. The largest absolute Gasteiger partial charge is 0.394 e. The van der Waals surface area contributed by atoms with Crippen molar-refractivity contribution < 1.29 is 89.4 Å². The number of aliphatic hydroxyl groups is 11. The number of carbonyl (C=O) groups excluding carboxylic acids is 1. The van der Waals surface area contributed by atoms with Crippen molar-refractivity contribution in [3.63, 3.8) is 0 Å². The standard InChI is InChI=1S/C65H111NO18/c1-3-5-7-9-11-13-14-15-16-17-18-19-20-21-22-23-24-25-26-27-28-29-30-31-32-33-34-35-37-39-41-43-53(71)66-48(49(70)42-40-38-36-12-10-8-6-4-2)47-79-63-59(77)56(74)61(51(45-68)81-63)84-65-60(78)57(75)62(52(46-69)82-65)83-64-58(76)55(73)54(72)50(44-67)80-64/h5,7,11,13,15-16,18-19,21-22,24-25,27-28,48-52,54-65,67-70,72-78H,3-4,6,8-10,12,14,17,20,23,26,29-47H2,1-2H3,(H,66,71)/b7-5-,13-11-,16-15-,19-18-,22-21-,25-24-,28-27-. The molecule has 0 aromatic rings. The molecule has 12 N–H and O–H groups in total. The Labute approximate surface area is 501 Å². The van der Waals surface area contributed by atoms with Crippen LogP contribution in [0.2, 0.25) is 0 Å². The number of amides is 1. The molecule has 0 aromatic carbocycles. The lowest BCUT2D eigenvalue weighted by atomic mass is 9.96. The Bertz CT molecular complexity index is 1860. The zero-order valence-electron chi connectivity index (χ0n) is 50.6. The Morgan fingerprint density at radius 3 is 1.29 bits per heavy atom. The number of carbonyl (C=O) groups is 1. The average Bonchev–Trinajstić information content (AvgIpc) is 2.91. The van der Waals surface area contributed by atoms with Gasteiger partial charge in [0.05, 0.1) is 38.6 Å².